The molecule has 3 aromatic carbocycles. The van der Waals surface area contributed by atoms with Crippen LogP contribution in [0.15, 0.2) is 134 Å². The summed E-state index contributed by atoms with van der Waals surface area (Å²) in [4.78, 5) is 8.27. The molecule has 7 rings (SSSR count). The first-order valence-electron chi connectivity index (χ1n) is 12.9. The molecule has 0 atom stereocenters. The first kappa shape index (κ1) is 31.7. The third kappa shape index (κ3) is 8.66. The van der Waals surface area contributed by atoms with Crippen LogP contribution in [0.25, 0.3) is 34.3 Å². The molecule has 0 saturated carbocycles. The van der Waals surface area contributed by atoms with Crippen LogP contribution in [0.5, 0.6) is 0 Å². The zero-order chi connectivity index (χ0) is 29.9. The number of benzene rings is 3. The predicted octanol–water partition coefficient (Wildman–Crippen LogP) is 5.57. The van der Waals surface area contributed by atoms with E-state index in [-0.39, 0.29) is 25.9 Å². The molecule has 7 aromatic rings. The van der Waals surface area contributed by atoms with Crippen molar-refractivity contribution in [1.82, 2.24) is 35.0 Å². The fourth-order valence-corrected chi connectivity index (χ4v) is 3.65. The van der Waals surface area contributed by atoms with E-state index in [0.29, 0.717) is 17.1 Å². The van der Waals surface area contributed by atoms with Gasteiger partial charge in [0.05, 0.1) is 22.8 Å². The first-order chi connectivity index (χ1) is 21.0. The van der Waals surface area contributed by atoms with Crippen molar-refractivity contribution >= 4 is 0 Å². The maximum absolute atomic E-state index is 12.5. The quantitative estimate of drug-likeness (QED) is 0.172. The number of aromatic nitrogens is 8. The number of para-hydroxylation sites is 2. The molecular weight excluding hydrogens is 746 g/mol. The Hall–Kier alpha value is -5.19. The minimum atomic E-state index is -4.36. The molecule has 0 aliphatic carbocycles. The van der Waals surface area contributed by atoms with Gasteiger partial charge >= 0.3 is 6.18 Å². The van der Waals surface area contributed by atoms with Crippen LogP contribution in [0.4, 0.5) is 13.2 Å². The van der Waals surface area contributed by atoms with Gasteiger partial charge in [-0.15, -0.1) is 24.4 Å². The second-order valence-electron chi connectivity index (χ2n) is 8.65. The Balaban J connectivity index is 0.000000162. The molecule has 0 aliphatic heterocycles. The van der Waals surface area contributed by atoms with Crippen molar-refractivity contribution in [1.29, 1.82) is 0 Å². The molecule has 0 unspecified atom stereocenters. The number of pyridine rings is 1. The largest absolute Gasteiger partial charge is 0.417 e. The van der Waals surface area contributed by atoms with Gasteiger partial charge in [0.2, 0.25) is 0 Å². The minimum Gasteiger partial charge on any atom is -0.417 e. The summed E-state index contributed by atoms with van der Waals surface area (Å²) in [5.74, 6) is 0.606. The van der Waals surface area contributed by atoms with Gasteiger partial charge in [0.15, 0.2) is 6.20 Å². The van der Waals surface area contributed by atoms with Crippen molar-refractivity contribution in [2.75, 3.05) is 0 Å². The fraction of sp³-hybridized carbons (Fsp3) is 0.0312. The van der Waals surface area contributed by atoms with E-state index >= 15 is 0 Å². The van der Waals surface area contributed by atoms with E-state index in [9.17, 15) is 13.2 Å². The number of rotatable bonds is 4. The van der Waals surface area contributed by atoms with Gasteiger partial charge in [-0.05, 0) is 53.5 Å². The van der Waals surface area contributed by atoms with Gasteiger partial charge < -0.3 is 15.2 Å². The topological polar surface area (TPSA) is 88.6 Å². The smallest absolute Gasteiger partial charge is 0.416 e. The maximum Gasteiger partial charge on any atom is 0.416 e. The molecule has 44 heavy (non-hydrogen) atoms. The van der Waals surface area contributed by atoms with Gasteiger partial charge in [-0.2, -0.15) is 60.7 Å². The second kappa shape index (κ2) is 15.3. The molecule has 0 fully saturated rings. The van der Waals surface area contributed by atoms with E-state index in [1.807, 2.05) is 73.1 Å². The zero-order valence-corrected chi connectivity index (χ0v) is 25.1. The van der Waals surface area contributed by atoms with Crippen LogP contribution in [0.2, 0.25) is 0 Å². The Kier molecular flexibility index (Phi) is 11.1. The summed E-state index contributed by atoms with van der Waals surface area (Å²) >= 11 is 0. The summed E-state index contributed by atoms with van der Waals surface area (Å²) < 4.78 is 41.0. The molecule has 0 saturated heterocycles. The summed E-state index contributed by atoms with van der Waals surface area (Å²) in [6, 6.07) is 35.3. The van der Waals surface area contributed by atoms with Gasteiger partial charge in [0, 0.05) is 38.7 Å². The predicted molar refractivity (Wildman–Crippen MR) is 152 cm³/mol. The molecule has 0 spiro atoms. The standard InChI is InChI=1S/C14H8F3N4.2C9H7N2.Ir/c15-14(16,17)10-6-4-9(5-7-10)12-19-13(21-20-12)11-3-1-2-8-18-11;2*1-2-5-9(6-3-1)11-8-4-7-10-11;/h1-8H;2*1-5,7-8H;/q3*-1;. The molecule has 0 aliphatic rings. The molecule has 4 aromatic heterocycles. The Bertz CT molecular complexity index is 1700. The number of hydrogen-bond donors (Lipinski definition) is 0. The van der Waals surface area contributed by atoms with Crippen molar-refractivity contribution in [3.8, 4) is 34.3 Å². The third-order valence-electron chi connectivity index (χ3n) is 5.70. The SMILES string of the molecule is FC(F)(F)c1ccc(-c2n[n-]c(-c3ccccn3)n2)cc1.[Ir].[c-]1ccccc1-[n+]1ccc[n-]1.[c-]1ccccc1-n1cccn1. The normalized spacial score (nSPS) is 10.4. The number of halogens is 3. The molecule has 0 amide bonds. The molecular formula is C32H22F3IrN8-3. The summed E-state index contributed by atoms with van der Waals surface area (Å²) in [6.07, 6.45) is 4.53. The Morgan fingerprint density at radius 1 is 0.795 bits per heavy atom. The summed E-state index contributed by atoms with van der Waals surface area (Å²) in [7, 11) is 0. The molecule has 0 N–H and O–H groups in total. The number of nitrogens with zero attached hydrogens (tertiary/aromatic N) is 8. The van der Waals surface area contributed by atoms with Crippen molar-refractivity contribution in [3.63, 3.8) is 0 Å². The monoisotopic (exact) mass is 768 g/mol. The molecule has 4 heterocycles. The van der Waals surface area contributed by atoms with E-state index < -0.39 is 11.7 Å². The van der Waals surface area contributed by atoms with Gasteiger partial charge in [-0.3, -0.25) is 19.4 Å². The second-order valence-corrected chi connectivity index (χ2v) is 8.65. The average Bonchev–Trinajstić information content (AvgIpc) is 3.87. The third-order valence-corrected chi connectivity index (χ3v) is 5.70. The molecule has 1 radical (unpaired) electrons. The average molecular weight is 768 g/mol. The Labute approximate surface area is 264 Å². The molecule has 223 valence electrons. The van der Waals surface area contributed by atoms with E-state index in [1.54, 1.807) is 46.2 Å². The maximum atomic E-state index is 12.5. The van der Waals surface area contributed by atoms with Crippen molar-refractivity contribution in [2.45, 2.75) is 6.18 Å². The van der Waals surface area contributed by atoms with E-state index in [2.05, 4.69) is 42.5 Å². The van der Waals surface area contributed by atoms with Crippen LogP contribution in [-0.2, 0) is 26.3 Å². The van der Waals surface area contributed by atoms with E-state index in [4.69, 9.17) is 0 Å². The first-order valence-corrected chi connectivity index (χ1v) is 12.9. The number of hydrogen-bond acceptors (Lipinski definition) is 4. The van der Waals surface area contributed by atoms with Crippen molar-refractivity contribution < 1.29 is 38.0 Å². The molecule has 12 heteroatoms. The van der Waals surface area contributed by atoms with E-state index in [1.165, 1.54) is 12.1 Å². The van der Waals surface area contributed by atoms with Crippen LogP contribution in [-0.4, -0.2) is 24.8 Å². The van der Waals surface area contributed by atoms with Gasteiger partial charge in [-0.1, -0.05) is 18.2 Å². The van der Waals surface area contributed by atoms with E-state index in [0.717, 1.165) is 23.5 Å². The van der Waals surface area contributed by atoms with Gasteiger partial charge in [0.1, 0.15) is 0 Å². The summed E-state index contributed by atoms with van der Waals surface area (Å²) in [6.45, 7) is 0. The van der Waals surface area contributed by atoms with Crippen LogP contribution in [0.3, 0.4) is 0 Å². The fourth-order valence-electron chi connectivity index (χ4n) is 3.65. The molecule has 8 nitrogen and oxygen atoms in total. The van der Waals surface area contributed by atoms with Gasteiger partial charge in [-0.25, -0.2) is 0 Å². The Morgan fingerprint density at radius 3 is 2.16 bits per heavy atom. The summed E-state index contributed by atoms with van der Waals surface area (Å²) in [5, 5.41) is 15.9. The van der Waals surface area contributed by atoms with Crippen molar-refractivity contribution in [2.24, 2.45) is 0 Å². The molecule has 0 bridgehead atoms. The van der Waals surface area contributed by atoms with Gasteiger partial charge in [0.25, 0.3) is 0 Å². The zero-order valence-electron chi connectivity index (χ0n) is 22.7. The van der Waals surface area contributed by atoms with Crippen LogP contribution in [0.1, 0.15) is 5.56 Å². The van der Waals surface area contributed by atoms with Crippen molar-refractivity contribution in [3.05, 3.63) is 152 Å². The Morgan fingerprint density at radius 2 is 1.57 bits per heavy atom. The minimum absolute atomic E-state index is 0. The van der Waals surface area contributed by atoms with Crippen LogP contribution in [0, 0.1) is 12.1 Å². The van der Waals surface area contributed by atoms with Crippen LogP contribution < -0.4 is 14.9 Å². The summed E-state index contributed by atoms with van der Waals surface area (Å²) in [5.41, 5.74) is 2.26. The van der Waals surface area contributed by atoms with Crippen LogP contribution >= 0.6 is 0 Å². The number of alkyl halides is 3.